The minimum absolute atomic E-state index is 0.391. The average Bonchev–Trinajstić information content (AvgIpc) is 1.80. The van der Waals surface area contributed by atoms with Crippen molar-refractivity contribution in [1.29, 1.82) is 0 Å². The van der Waals surface area contributed by atoms with Crippen LogP contribution in [-0.4, -0.2) is 39.9 Å². The van der Waals surface area contributed by atoms with Crippen LogP contribution in [0.2, 0.25) is 0 Å². The second-order valence-corrected chi connectivity index (χ2v) is 4.48. The van der Waals surface area contributed by atoms with E-state index in [1.54, 1.807) is 7.05 Å². The van der Waals surface area contributed by atoms with E-state index in [0.29, 0.717) is 13.1 Å². The lowest BCUT2D eigenvalue weighted by Gasteiger charge is -2.10. The van der Waals surface area contributed by atoms with Gasteiger partial charge in [0, 0.05) is 30.8 Å². The van der Waals surface area contributed by atoms with Crippen LogP contribution in [0.15, 0.2) is 0 Å². The Morgan fingerprint density at radius 2 is 2.10 bits per heavy atom. The third kappa shape index (κ3) is 4.05. The molecule has 62 valence electrons. The maximum Gasteiger partial charge on any atom is 0.299 e. The minimum Gasteiger partial charge on any atom is -0.318 e. The zero-order valence-corrected chi connectivity index (χ0v) is 7.54. The average molecular weight is 187 g/mol. The van der Waals surface area contributed by atoms with Crippen molar-refractivity contribution in [1.82, 2.24) is 9.62 Å². The summed E-state index contributed by atoms with van der Waals surface area (Å²) in [5.74, 6) is 0. The maximum atomic E-state index is 10.5. The summed E-state index contributed by atoms with van der Waals surface area (Å²) in [6.07, 6.45) is 0. The normalized spacial score (nSPS) is 12.4. The molecule has 0 aliphatic carbocycles. The second-order valence-electron chi connectivity index (χ2n) is 1.87. The Bertz CT molecular complexity index is 180. The Hall–Kier alpha value is 0.160. The highest BCUT2D eigenvalue weighted by atomic mass is 35.7. The molecule has 0 aliphatic heterocycles. The number of halogens is 1. The molecule has 0 heterocycles. The second kappa shape index (κ2) is 4.12. The number of hydrogen-bond acceptors (Lipinski definition) is 3. The summed E-state index contributed by atoms with van der Waals surface area (Å²) >= 11 is 0. The van der Waals surface area contributed by atoms with Crippen molar-refractivity contribution in [3.05, 3.63) is 0 Å². The van der Waals surface area contributed by atoms with E-state index < -0.39 is 9.24 Å². The lowest BCUT2D eigenvalue weighted by molar-refractivity contribution is 0.479. The third-order valence-electron chi connectivity index (χ3n) is 1.05. The predicted octanol–water partition coefficient (Wildman–Crippen LogP) is -0.379. The predicted molar refractivity (Wildman–Crippen MR) is 41.3 cm³/mol. The molecule has 0 atom stereocenters. The monoisotopic (exact) mass is 186 g/mol. The molecule has 0 aliphatic rings. The van der Waals surface area contributed by atoms with Crippen LogP contribution in [0.5, 0.6) is 0 Å². The fraction of sp³-hybridized carbons (Fsp3) is 1.00. The molecule has 0 spiro atoms. The van der Waals surface area contributed by atoms with Crippen molar-refractivity contribution in [2.45, 2.75) is 0 Å². The SMILES string of the molecule is CNCCN(C)S(=O)(=O)Cl. The standard InChI is InChI=1S/C4H11ClN2O2S/c1-6-3-4-7(2)10(5,8)9/h6H,3-4H2,1-2H3. The molecule has 0 amide bonds. The van der Waals surface area contributed by atoms with Gasteiger partial charge in [-0.2, -0.15) is 12.7 Å². The van der Waals surface area contributed by atoms with E-state index in [1.165, 1.54) is 7.05 Å². The van der Waals surface area contributed by atoms with Gasteiger partial charge in [-0.1, -0.05) is 0 Å². The molecule has 0 aromatic rings. The first-order chi connectivity index (χ1) is 4.48. The number of rotatable bonds is 4. The van der Waals surface area contributed by atoms with Crippen LogP contribution in [0, 0.1) is 0 Å². The van der Waals surface area contributed by atoms with Gasteiger partial charge >= 0.3 is 0 Å². The summed E-state index contributed by atoms with van der Waals surface area (Å²) in [4.78, 5) is 0. The molecule has 0 saturated carbocycles. The summed E-state index contributed by atoms with van der Waals surface area (Å²) in [6.45, 7) is 0.991. The van der Waals surface area contributed by atoms with Crippen LogP contribution in [0.4, 0.5) is 0 Å². The largest absolute Gasteiger partial charge is 0.318 e. The molecule has 0 aromatic heterocycles. The van der Waals surface area contributed by atoms with Crippen molar-refractivity contribution < 1.29 is 8.42 Å². The zero-order valence-electron chi connectivity index (χ0n) is 5.96. The Morgan fingerprint density at radius 1 is 1.60 bits per heavy atom. The molecule has 0 rings (SSSR count). The molecule has 4 nitrogen and oxygen atoms in total. The first-order valence-electron chi connectivity index (χ1n) is 2.79. The van der Waals surface area contributed by atoms with Crippen molar-refractivity contribution in [3.8, 4) is 0 Å². The molecule has 10 heavy (non-hydrogen) atoms. The van der Waals surface area contributed by atoms with Gasteiger partial charge in [-0.05, 0) is 7.05 Å². The topological polar surface area (TPSA) is 49.4 Å². The van der Waals surface area contributed by atoms with E-state index in [0.717, 1.165) is 4.31 Å². The van der Waals surface area contributed by atoms with Crippen LogP contribution >= 0.6 is 10.7 Å². The molecule has 0 unspecified atom stereocenters. The highest BCUT2D eigenvalue weighted by Gasteiger charge is 2.11. The molecule has 0 saturated heterocycles. The van der Waals surface area contributed by atoms with E-state index >= 15 is 0 Å². The van der Waals surface area contributed by atoms with Crippen molar-refractivity contribution in [3.63, 3.8) is 0 Å². The Labute approximate surface area is 65.7 Å². The summed E-state index contributed by atoms with van der Waals surface area (Å²) in [7, 11) is 4.66. The lowest BCUT2D eigenvalue weighted by atomic mass is 10.6. The molecule has 1 N–H and O–H groups in total. The quantitative estimate of drug-likeness (QED) is 0.610. The number of nitrogens with one attached hydrogen (secondary N) is 1. The molecular formula is C4H11ClN2O2S. The Balaban J connectivity index is 3.75. The number of nitrogens with zero attached hydrogens (tertiary/aromatic N) is 1. The summed E-state index contributed by atoms with van der Waals surface area (Å²) < 4.78 is 22.1. The Morgan fingerprint density at radius 3 is 2.40 bits per heavy atom. The van der Waals surface area contributed by atoms with Gasteiger partial charge in [-0.25, -0.2) is 0 Å². The van der Waals surface area contributed by atoms with Gasteiger partial charge in [0.2, 0.25) is 0 Å². The van der Waals surface area contributed by atoms with Gasteiger partial charge in [-0.15, -0.1) is 0 Å². The first kappa shape index (κ1) is 10.2. The van der Waals surface area contributed by atoms with Crippen molar-refractivity contribution in [2.24, 2.45) is 0 Å². The zero-order chi connectivity index (χ0) is 8.20. The van der Waals surface area contributed by atoms with Crippen molar-refractivity contribution >= 4 is 19.9 Å². The van der Waals surface area contributed by atoms with Crippen LogP contribution < -0.4 is 5.32 Å². The van der Waals surface area contributed by atoms with Crippen LogP contribution in [-0.2, 0) is 9.24 Å². The van der Waals surface area contributed by atoms with Gasteiger partial charge in [0.15, 0.2) is 0 Å². The van der Waals surface area contributed by atoms with E-state index in [4.69, 9.17) is 10.7 Å². The van der Waals surface area contributed by atoms with Gasteiger partial charge in [0.25, 0.3) is 9.24 Å². The molecule has 6 heteroatoms. The van der Waals surface area contributed by atoms with Crippen LogP contribution in [0.1, 0.15) is 0 Å². The van der Waals surface area contributed by atoms with Gasteiger partial charge in [0.05, 0.1) is 0 Å². The van der Waals surface area contributed by atoms with Crippen LogP contribution in [0.25, 0.3) is 0 Å². The molecule has 0 radical (unpaired) electrons. The fourth-order valence-corrected chi connectivity index (χ4v) is 0.895. The van der Waals surface area contributed by atoms with Gasteiger partial charge in [0.1, 0.15) is 0 Å². The smallest absolute Gasteiger partial charge is 0.299 e. The van der Waals surface area contributed by atoms with Gasteiger partial charge < -0.3 is 5.32 Å². The minimum atomic E-state index is -3.51. The number of hydrogen-bond donors (Lipinski definition) is 1. The lowest BCUT2D eigenvalue weighted by Crippen LogP contribution is -2.29. The first-order valence-corrected chi connectivity index (χ1v) is 5.05. The van der Waals surface area contributed by atoms with Crippen molar-refractivity contribution in [2.75, 3.05) is 27.2 Å². The number of likely N-dealkylation sites (N-methyl/N-ethyl adjacent to an activating group) is 2. The summed E-state index contributed by atoms with van der Waals surface area (Å²) in [5.41, 5.74) is 0. The molecular weight excluding hydrogens is 176 g/mol. The van der Waals surface area contributed by atoms with Gasteiger partial charge in [-0.3, -0.25) is 0 Å². The molecule has 0 bridgehead atoms. The molecule has 0 fully saturated rings. The third-order valence-corrected chi connectivity index (χ3v) is 2.68. The summed E-state index contributed by atoms with van der Waals surface area (Å²) in [6, 6.07) is 0. The van der Waals surface area contributed by atoms with E-state index in [2.05, 4.69) is 5.32 Å². The van der Waals surface area contributed by atoms with E-state index in [9.17, 15) is 8.42 Å². The molecule has 0 aromatic carbocycles. The summed E-state index contributed by atoms with van der Waals surface area (Å²) in [5, 5.41) is 2.81. The highest BCUT2D eigenvalue weighted by molar-refractivity contribution is 8.11. The van der Waals surface area contributed by atoms with E-state index in [-0.39, 0.29) is 0 Å². The maximum absolute atomic E-state index is 10.5. The highest BCUT2D eigenvalue weighted by Crippen LogP contribution is 2.00. The fourth-order valence-electron chi connectivity index (χ4n) is 0.378. The Kier molecular flexibility index (Phi) is 4.19. The van der Waals surface area contributed by atoms with E-state index in [1.807, 2.05) is 0 Å². The van der Waals surface area contributed by atoms with Crippen LogP contribution in [0.3, 0.4) is 0 Å².